The molecule has 3 fully saturated rings. The average Bonchev–Trinajstić information content (AvgIpc) is 3.24. The minimum Gasteiger partial charge on any atom is -0.475 e. The van der Waals surface area contributed by atoms with Crippen molar-refractivity contribution in [3.8, 4) is 0 Å². The van der Waals surface area contributed by atoms with Crippen molar-refractivity contribution in [3.05, 3.63) is 10.4 Å². The van der Waals surface area contributed by atoms with Crippen molar-refractivity contribution in [3.63, 3.8) is 0 Å². The molecule has 0 unspecified atom stereocenters. The fourth-order valence-electron chi connectivity index (χ4n) is 5.14. The first-order chi connectivity index (χ1) is 33.3. The Morgan fingerprint density at radius 3 is 1.24 bits per heavy atom. The summed E-state index contributed by atoms with van der Waals surface area (Å²) < 4.78 is 189. The zero-order chi connectivity index (χ0) is 59.1. The second-order valence-corrected chi connectivity index (χ2v) is 14.3. The predicted molar refractivity (Wildman–Crippen MR) is 204 cm³/mol. The summed E-state index contributed by atoms with van der Waals surface area (Å²) >= 11 is 0. The normalized spacial score (nSPS) is 29.1. The smallest absolute Gasteiger partial charge is 0.475 e. The van der Waals surface area contributed by atoms with Gasteiger partial charge in [-0.25, -0.2) is 24.0 Å². The van der Waals surface area contributed by atoms with Gasteiger partial charge in [-0.1, -0.05) is 5.11 Å². The van der Waals surface area contributed by atoms with E-state index < -0.39 is 153 Å². The standard InChI is InChI=1S/C22H44N8O9.5C2HF3O2/c23-7-13-12(32)6-11(26)21(36-13)38-18-9(24)5-10(25)19(20(18)35-4-2-1-3-29-30-28)39-22-17(34)15(27)16(33)14(8-31)37-22;5*3-2(4,5)1(6)7/h9-22,31-34H,1-8,23-27H2;5*(H,6,7)/t9-,10+,11+,12-,13+,14+,15-,16+,17+,18+,19-,20-,21+,22+;;;;;/m0...../s1. The van der Waals surface area contributed by atoms with E-state index in [0.29, 0.717) is 19.4 Å². The molecular weight excluding hydrogens is 1090 g/mol. The number of halogens is 15. The van der Waals surface area contributed by atoms with Gasteiger partial charge < -0.3 is 98.3 Å². The van der Waals surface area contributed by atoms with E-state index in [1.165, 1.54) is 0 Å². The van der Waals surface area contributed by atoms with Gasteiger partial charge in [-0.2, -0.15) is 65.9 Å². The van der Waals surface area contributed by atoms with E-state index >= 15 is 0 Å². The van der Waals surface area contributed by atoms with Crippen molar-refractivity contribution < 1.29 is 159 Å². The summed E-state index contributed by atoms with van der Waals surface area (Å²) in [4.78, 5) is 47.2. The van der Waals surface area contributed by atoms with Crippen molar-refractivity contribution in [2.45, 2.75) is 142 Å². The number of ether oxygens (including phenoxy) is 5. The Kier molecular flexibility index (Phi) is 32.2. The van der Waals surface area contributed by atoms with Gasteiger partial charge in [0.2, 0.25) is 0 Å². The highest BCUT2D eigenvalue weighted by Crippen LogP contribution is 2.33. The van der Waals surface area contributed by atoms with Gasteiger partial charge in [0.1, 0.15) is 36.6 Å². The molecule has 74 heavy (non-hydrogen) atoms. The van der Waals surface area contributed by atoms with E-state index in [2.05, 4.69) is 10.0 Å². The summed E-state index contributed by atoms with van der Waals surface area (Å²) in [6, 6.07) is -3.14. The number of hydrogen-bond acceptors (Lipinski definition) is 20. The Bertz CT molecular complexity index is 1630. The fourth-order valence-corrected chi connectivity index (χ4v) is 5.14. The molecule has 19 N–H and O–H groups in total. The summed E-state index contributed by atoms with van der Waals surface area (Å²) in [6.45, 7) is 0.00604. The Hall–Kier alpha value is -4.95. The average molecular weight is 1130 g/mol. The van der Waals surface area contributed by atoms with Crippen LogP contribution in [-0.2, 0) is 47.7 Å². The summed E-state index contributed by atoms with van der Waals surface area (Å²) in [6.07, 6.45) is -34.2. The highest BCUT2D eigenvalue weighted by Gasteiger charge is 2.51. The maximum absolute atomic E-state index is 10.6. The van der Waals surface area contributed by atoms with Crippen molar-refractivity contribution in [1.82, 2.24) is 0 Å². The molecule has 0 radical (unpaired) electrons. The topological polar surface area (TPSA) is 492 Å². The van der Waals surface area contributed by atoms with Crippen LogP contribution in [0.3, 0.4) is 0 Å². The predicted octanol–water partition coefficient (Wildman–Crippen LogP) is -1.01. The Morgan fingerprint density at radius 2 is 0.919 bits per heavy atom. The van der Waals surface area contributed by atoms with Gasteiger partial charge >= 0.3 is 60.7 Å². The first-order valence-corrected chi connectivity index (χ1v) is 19.5. The summed E-state index contributed by atoms with van der Waals surface area (Å²) in [5, 5.41) is 79.8. The van der Waals surface area contributed by atoms with Crippen LogP contribution < -0.4 is 28.7 Å². The fraction of sp³-hybridized carbons (Fsp3) is 0.844. The molecule has 1 saturated carbocycles. The molecule has 14 atom stereocenters. The van der Waals surface area contributed by atoms with E-state index in [0.717, 1.165) is 0 Å². The van der Waals surface area contributed by atoms with Crippen molar-refractivity contribution in [2.75, 3.05) is 26.3 Å². The van der Waals surface area contributed by atoms with Crippen LogP contribution in [0.15, 0.2) is 5.11 Å². The lowest BCUT2D eigenvalue weighted by atomic mass is 9.84. The van der Waals surface area contributed by atoms with Gasteiger partial charge in [0.05, 0.1) is 30.9 Å². The van der Waals surface area contributed by atoms with E-state index in [-0.39, 0.29) is 26.0 Å². The van der Waals surface area contributed by atoms with Gasteiger partial charge in [0.25, 0.3) is 0 Å². The zero-order valence-electron chi connectivity index (χ0n) is 36.7. The van der Waals surface area contributed by atoms with Crippen LogP contribution in [0.2, 0.25) is 0 Å². The van der Waals surface area contributed by atoms with Gasteiger partial charge in [-0.05, 0) is 31.2 Å². The number of azide groups is 1. The number of unbranched alkanes of at least 4 members (excludes halogenated alkanes) is 1. The molecule has 3 aliphatic rings. The molecule has 0 aromatic carbocycles. The molecule has 27 nitrogen and oxygen atoms in total. The number of aliphatic carboxylic acids is 5. The van der Waals surface area contributed by atoms with E-state index in [4.69, 9.17) is 107 Å². The monoisotopic (exact) mass is 1130 g/mol. The second-order valence-electron chi connectivity index (χ2n) is 14.3. The van der Waals surface area contributed by atoms with Gasteiger partial charge in [0, 0.05) is 36.7 Å². The molecule has 0 aromatic rings. The number of carboxylic acid groups (broad SMARTS) is 5. The Balaban J connectivity index is -0.00000115. The lowest BCUT2D eigenvalue weighted by Gasteiger charge is -2.49. The van der Waals surface area contributed by atoms with Crippen LogP contribution in [0.4, 0.5) is 65.9 Å². The van der Waals surface area contributed by atoms with Crippen LogP contribution in [0.5, 0.6) is 0 Å². The lowest BCUT2D eigenvalue weighted by molar-refractivity contribution is -0.318. The van der Waals surface area contributed by atoms with Crippen LogP contribution in [0.25, 0.3) is 10.4 Å². The van der Waals surface area contributed by atoms with Crippen molar-refractivity contribution in [2.24, 2.45) is 33.8 Å². The number of carboxylic acids is 5. The minimum absolute atomic E-state index is 0.0568. The number of nitrogens with zero attached hydrogens (tertiary/aromatic N) is 3. The van der Waals surface area contributed by atoms with Crippen LogP contribution in [0, 0.1) is 0 Å². The molecule has 2 saturated heterocycles. The molecule has 2 aliphatic heterocycles. The summed E-state index contributed by atoms with van der Waals surface area (Å²) in [5.41, 5.74) is 39.3. The first kappa shape index (κ1) is 73.3. The van der Waals surface area contributed by atoms with Crippen molar-refractivity contribution in [1.29, 1.82) is 0 Å². The largest absolute Gasteiger partial charge is 0.490 e. The molecule has 3 rings (SSSR count). The molecule has 2 heterocycles. The van der Waals surface area contributed by atoms with Crippen LogP contribution in [-0.4, -0.2) is 219 Å². The minimum atomic E-state index is -5.08. The number of carbonyl (C=O) groups is 5. The molecule has 42 heteroatoms. The van der Waals surface area contributed by atoms with E-state index in [1.54, 1.807) is 0 Å². The van der Waals surface area contributed by atoms with Gasteiger partial charge in [0.15, 0.2) is 12.6 Å². The highest BCUT2D eigenvalue weighted by atomic mass is 19.4. The Morgan fingerprint density at radius 1 is 0.568 bits per heavy atom. The quantitative estimate of drug-likeness (QED) is 0.0366. The third kappa shape index (κ3) is 28.6. The van der Waals surface area contributed by atoms with E-state index in [9.17, 15) is 86.3 Å². The summed E-state index contributed by atoms with van der Waals surface area (Å²) in [7, 11) is 0. The van der Waals surface area contributed by atoms with Gasteiger partial charge in [-0.3, -0.25) is 0 Å². The highest BCUT2D eigenvalue weighted by molar-refractivity contribution is 5.74. The second kappa shape index (κ2) is 32.5. The number of alkyl halides is 15. The SMILES string of the molecule is O=C(O)C(F)(F)F.O=C(O)C(F)(F)F.O=C(O)C(F)(F)F.O=C(O)C(F)(F)F.O=C(O)C(F)(F)F.[N-]=[N+]=NCCCCO[C@@H]1[C@@H](O[C@H]2O[C@H](CO)[C@@H](O)[C@H](N)[C@H]2O)[C@H](N)C[C@H](N)[C@H]1O[C@H]1O[C@H](CN)[C@@H](O)C[C@H]1N. The molecule has 0 amide bonds. The number of aliphatic hydroxyl groups excluding tert-OH is 4. The van der Waals surface area contributed by atoms with E-state index in [1.807, 2.05) is 0 Å². The third-order valence-corrected chi connectivity index (χ3v) is 8.63. The lowest BCUT2D eigenvalue weighted by Crippen LogP contribution is -2.68. The third-order valence-electron chi connectivity index (χ3n) is 8.63. The molecule has 0 spiro atoms. The Labute approximate surface area is 402 Å². The van der Waals surface area contributed by atoms with Crippen molar-refractivity contribution >= 4 is 29.8 Å². The van der Waals surface area contributed by atoms with Crippen LogP contribution >= 0.6 is 0 Å². The maximum atomic E-state index is 10.6. The number of aliphatic hydroxyl groups is 4. The number of nitrogens with two attached hydrogens (primary N) is 5. The molecule has 0 aromatic heterocycles. The number of rotatable bonds is 12. The maximum Gasteiger partial charge on any atom is 0.490 e. The summed E-state index contributed by atoms with van der Waals surface area (Å²) in [5.74, 6) is -13.8. The van der Waals surface area contributed by atoms with Crippen LogP contribution in [0.1, 0.15) is 25.7 Å². The van der Waals surface area contributed by atoms with Gasteiger partial charge in [-0.15, -0.1) is 0 Å². The molecule has 0 bridgehead atoms. The first-order valence-electron chi connectivity index (χ1n) is 19.5. The molecule has 436 valence electrons. The number of hydrogen-bond donors (Lipinski definition) is 14. The molecular formula is C32H49F15N8O19. The molecule has 1 aliphatic carbocycles. The zero-order valence-corrected chi connectivity index (χ0v) is 36.7.